The molecule has 15 heavy (non-hydrogen) atoms. The summed E-state index contributed by atoms with van der Waals surface area (Å²) in [4.78, 5) is 10.7. The first-order valence-electron chi connectivity index (χ1n) is 4.92. The molecule has 1 aromatic rings. The molecule has 0 aliphatic heterocycles. The van der Waals surface area contributed by atoms with Gasteiger partial charge in [-0.05, 0) is 44.0 Å². The topological polar surface area (TPSA) is 46.5 Å². The highest BCUT2D eigenvalue weighted by Gasteiger charge is 2.07. The van der Waals surface area contributed by atoms with E-state index in [2.05, 4.69) is 0 Å². The molecule has 3 nitrogen and oxygen atoms in total. The predicted molar refractivity (Wildman–Crippen MR) is 58.5 cm³/mol. The Morgan fingerprint density at radius 1 is 1.40 bits per heavy atom. The molecule has 0 fully saturated rings. The van der Waals surface area contributed by atoms with Crippen molar-refractivity contribution < 1.29 is 14.6 Å². The van der Waals surface area contributed by atoms with E-state index in [-0.39, 0.29) is 6.61 Å². The minimum Gasteiger partial charge on any atom is -0.491 e. The van der Waals surface area contributed by atoms with Crippen molar-refractivity contribution in [2.24, 2.45) is 0 Å². The first-order chi connectivity index (χ1) is 7.06. The van der Waals surface area contributed by atoms with E-state index < -0.39 is 6.10 Å². The second-order valence-electron chi connectivity index (χ2n) is 3.68. The number of aliphatic hydroxyl groups is 1. The first kappa shape index (κ1) is 11.7. The number of carbonyl (C=O) groups is 1. The van der Waals surface area contributed by atoms with Crippen LogP contribution < -0.4 is 4.74 Å². The second kappa shape index (κ2) is 4.94. The average Bonchev–Trinajstić information content (AvgIpc) is 2.20. The number of carbonyl (C=O) groups excluding carboxylic acids is 1. The molecule has 0 heterocycles. The summed E-state index contributed by atoms with van der Waals surface area (Å²) in [5.74, 6) is 0.721. The zero-order valence-electron chi connectivity index (χ0n) is 9.28. The van der Waals surface area contributed by atoms with Crippen LogP contribution in [0.4, 0.5) is 0 Å². The third kappa shape index (κ3) is 2.80. The van der Waals surface area contributed by atoms with Gasteiger partial charge in [0.05, 0.1) is 6.10 Å². The number of aldehydes is 1. The molecule has 1 aromatic carbocycles. The van der Waals surface area contributed by atoms with Gasteiger partial charge in [-0.15, -0.1) is 0 Å². The van der Waals surface area contributed by atoms with Crippen molar-refractivity contribution in [3.8, 4) is 5.75 Å². The lowest BCUT2D eigenvalue weighted by molar-refractivity contribution is 0.112. The summed E-state index contributed by atoms with van der Waals surface area (Å²) < 4.78 is 5.41. The number of hydrogen-bond acceptors (Lipinski definition) is 3. The van der Waals surface area contributed by atoms with Crippen molar-refractivity contribution in [2.45, 2.75) is 26.9 Å². The largest absolute Gasteiger partial charge is 0.491 e. The summed E-state index contributed by atoms with van der Waals surface area (Å²) in [6.45, 7) is 5.72. The summed E-state index contributed by atoms with van der Waals surface area (Å²) in [7, 11) is 0. The van der Waals surface area contributed by atoms with Gasteiger partial charge in [0.25, 0.3) is 0 Å². The van der Waals surface area contributed by atoms with Gasteiger partial charge in [0.15, 0.2) is 0 Å². The fourth-order valence-electron chi connectivity index (χ4n) is 1.31. The molecule has 0 aromatic heterocycles. The van der Waals surface area contributed by atoms with Crippen LogP contribution >= 0.6 is 0 Å². The maximum Gasteiger partial charge on any atom is 0.150 e. The van der Waals surface area contributed by atoms with Crippen LogP contribution in [0.1, 0.15) is 28.4 Å². The Hall–Kier alpha value is -1.35. The van der Waals surface area contributed by atoms with Gasteiger partial charge in [0.1, 0.15) is 18.6 Å². The summed E-state index contributed by atoms with van der Waals surface area (Å²) >= 11 is 0. The van der Waals surface area contributed by atoms with Crippen molar-refractivity contribution in [1.29, 1.82) is 0 Å². The molecule has 0 aliphatic carbocycles. The lowest BCUT2D eigenvalue weighted by Crippen LogP contribution is -2.13. The molecule has 0 unspecified atom stereocenters. The Kier molecular flexibility index (Phi) is 3.86. The Morgan fingerprint density at radius 2 is 2.07 bits per heavy atom. The minimum absolute atomic E-state index is 0.265. The SMILES string of the molecule is Cc1c(C=O)ccc(OC[C@@H](C)O)c1C. The Balaban J connectivity index is 2.91. The molecule has 3 heteroatoms. The van der Waals surface area contributed by atoms with E-state index in [9.17, 15) is 4.79 Å². The van der Waals surface area contributed by atoms with E-state index in [0.717, 1.165) is 23.2 Å². The Morgan fingerprint density at radius 3 is 2.60 bits per heavy atom. The van der Waals surface area contributed by atoms with Crippen molar-refractivity contribution in [2.75, 3.05) is 6.61 Å². The quantitative estimate of drug-likeness (QED) is 0.768. The lowest BCUT2D eigenvalue weighted by Gasteiger charge is -2.13. The fourth-order valence-corrected chi connectivity index (χ4v) is 1.31. The summed E-state index contributed by atoms with van der Waals surface area (Å²) in [5, 5.41) is 9.09. The number of aliphatic hydroxyl groups excluding tert-OH is 1. The zero-order chi connectivity index (χ0) is 11.4. The van der Waals surface area contributed by atoms with E-state index in [1.54, 1.807) is 19.1 Å². The zero-order valence-corrected chi connectivity index (χ0v) is 9.28. The molecule has 1 N–H and O–H groups in total. The molecule has 0 radical (unpaired) electrons. The van der Waals surface area contributed by atoms with Gasteiger partial charge in [-0.1, -0.05) is 0 Å². The van der Waals surface area contributed by atoms with Crippen LogP contribution in [-0.4, -0.2) is 24.1 Å². The van der Waals surface area contributed by atoms with Crippen LogP contribution in [0, 0.1) is 13.8 Å². The molecule has 1 rings (SSSR count). The van der Waals surface area contributed by atoms with E-state index in [4.69, 9.17) is 9.84 Å². The minimum atomic E-state index is -0.490. The molecule has 82 valence electrons. The highest BCUT2D eigenvalue weighted by Crippen LogP contribution is 2.23. The molecule has 0 bridgehead atoms. The smallest absolute Gasteiger partial charge is 0.150 e. The lowest BCUT2D eigenvalue weighted by atomic mass is 10.0. The molecule has 0 saturated heterocycles. The fraction of sp³-hybridized carbons (Fsp3) is 0.417. The molecule has 0 aliphatic rings. The van der Waals surface area contributed by atoms with Crippen molar-refractivity contribution in [1.82, 2.24) is 0 Å². The standard InChI is InChI=1S/C12H16O3/c1-8(14)7-15-12-5-4-11(6-13)9(2)10(12)3/h4-6,8,14H,7H2,1-3H3/t8-/m1/s1. The number of ether oxygens (including phenoxy) is 1. The van der Waals surface area contributed by atoms with Crippen LogP contribution in [0.25, 0.3) is 0 Å². The number of benzene rings is 1. The van der Waals surface area contributed by atoms with Crippen molar-refractivity contribution in [3.63, 3.8) is 0 Å². The summed E-state index contributed by atoms with van der Waals surface area (Å²) in [5.41, 5.74) is 2.55. The van der Waals surface area contributed by atoms with Crippen LogP contribution in [0.15, 0.2) is 12.1 Å². The van der Waals surface area contributed by atoms with Crippen LogP contribution in [0.5, 0.6) is 5.75 Å². The Bertz CT molecular complexity index is 356. The van der Waals surface area contributed by atoms with Gasteiger partial charge in [0, 0.05) is 5.56 Å². The highest BCUT2D eigenvalue weighted by molar-refractivity contribution is 5.78. The molecular formula is C12H16O3. The van der Waals surface area contributed by atoms with Gasteiger partial charge < -0.3 is 9.84 Å². The maximum atomic E-state index is 10.7. The van der Waals surface area contributed by atoms with Gasteiger partial charge >= 0.3 is 0 Å². The average molecular weight is 208 g/mol. The Labute approximate surface area is 89.7 Å². The van der Waals surface area contributed by atoms with Crippen LogP contribution in [0.2, 0.25) is 0 Å². The summed E-state index contributed by atoms with van der Waals surface area (Å²) in [6.07, 6.45) is 0.344. The molecule has 0 spiro atoms. The molecule has 0 amide bonds. The van der Waals surface area contributed by atoms with E-state index in [1.807, 2.05) is 13.8 Å². The van der Waals surface area contributed by atoms with E-state index in [1.165, 1.54) is 0 Å². The third-order valence-electron chi connectivity index (χ3n) is 2.39. The van der Waals surface area contributed by atoms with Crippen molar-refractivity contribution >= 4 is 6.29 Å². The normalized spacial score (nSPS) is 12.3. The van der Waals surface area contributed by atoms with Crippen LogP contribution in [0.3, 0.4) is 0 Å². The molecule has 0 saturated carbocycles. The van der Waals surface area contributed by atoms with Gasteiger partial charge in [0.2, 0.25) is 0 Å². The molecule has 1 atom stereocenters. The first-order valence-corrected chi connectivity index (χ1v) is 4.92. The predicted octanol–water partition coefficient (Wildman–Crippen LogP) is 1.88. The molecular weight excluding hydrogens is 192 g/mol. The van der Waals surface area contributed by atoms with Gasteiger partial charge in [-0.25, -0.2) is 0 Å². The van der Waals surface area contributed by atoms with Gasteiger partial charge in [-0.2, -0.15) is 0 Å². The van der Waals surface area contributed by atoms with E-state index >= 15 is 0 Å². The second-order valence-corrected chi connectivity index (χ2v) is 3.68. The summed E-state index contributed by atoms with van der Waals surface area (Å²) in [6, 6.07) is 3.49. The number of hydrogen-bond donors (Lipinski definition) is 1. The monoisotopic (exact) mass is 208 g/mol. The van der Waals surface area contributed by atoms with Gasteiger partial charge in [-0.3, -0.25) is 4.79 Å². The van der Waals surface area contributed by atoms with Crippen molar-refractivity contribution in [3.05, 3.63) is 28.8 Å². The third-order valence-corrected chi connectivity index (χ3v) is 2.39. The maximum absolute atomic E-state index is 10.7. The van der Waals surface area contributed by atoms with E-state index in [0.29, 0.717) is 5.56 Å². The number of rotatable bonds is 4. The highest BCUT2D eigenvalue weighted by atomic mass is 16.5. The van der Waals surface area contributed by atoms with Crippen LogP contribution in [-0.2, 0) is 0 Å².